The Bertz CT molecular complexity index is 3160. The van der Waals surface area contributed by atoms with E-state index in [4.69, 9.17) is 5.73 Å². The van der Waals surface area contributed by atoms with Crippen molar-refractivity contribution in [3.63, 3.8) is 0 Å². The molecule has 3 saturated heterocycles. The summed E-state index contributed by atoms with van der Waals surface area (Å²) in [6.45, 7) is 3.37. The van der Waals surface area contributed by atoms with Crippen molar-refractivity contribution in [2.75, 3.05) is 42.7 Å². The van der Waals surface area contributed by atoms with Gasteiger partial charge in [-0.2, -0.15) is 0 Å². The smallest absolute Gasteiger partial charge is 0.327 e. The summed E-state index contributed by atoms with van der Waals surface area (Å²) in [6.07, 6.45) is 3.38. The lowest BCUT2D eigenvalue weighted by atomic mass is 10.0. The molecule has 518 valence electrons. The fraction of sp³-hybridized carbons (Fsp3) is 0.533. The van der Waals surface area contributed by atoms with Gasteiger partial charge in [0.05, 0.1) is 19.5 Å². The number of hydrogen-bond donors (Lipinski definition) is 16. The number of carbonyl (C=O) groups excluding carboxylic acids is 12. The highest BCUT2D eigenvalue weighted by atomic mass is 33.1. The lowest BCUT2D eigenvalue weighted by Crippen LogP contribution is -2.61. The molecule has 0 saturated carbocycles. The van der Waals surface area contributed by atoms with Crippen LogP contribution < -0.4 is 64.2 Å². The van der Waals surface area contributed by atoms with Gasteiger partial charge in [0.25, 0.3) is 0 Å². The van der Waals surface area contributed by atoms with Gasteiger partial charge in [-0.05, 0) is 55.4 Å². The van der Waals surface area contributed by atoms with Crippen LogP contribution in [-0.2, 0) is 81.6 Å². The second-order valence-electron chi connectivity index (χ2n) is 22.6. The molecule has 0 spiro atoms. The monoisotopic (exact) mass is 1400 g/mol. The number of nitrogens with one attached hydrogen (secondary N) is 12. The van der Waals surface area contributed by atoms with Crippen molar-refractivity contribution in [1.29, 1.82) is 0 Å². The van der Waals surface area contributed by atoms with E-state index in [2.05, 4.69) is 68.5 Å². The number of aliphatic carboxylic acids is 1. The van der Waals surface area contributed by atoms with Crippen LogP contribution in [0, 0.1) is 0 Å². The first-order valence-corrected chi connectivity index (χ1v) is 36.0. The predicted molar refractivity (Wildman–Crippen MR) is 354 cm³/mol. The predicted octanol–water partition coefficient (Wildman–Crippen LogP) is -2.70. The fourth-order valence-corrected chi connectivity index (χ4v) is 14.8. The number of hydrogen-bond acceptors (Lipinski definition) is 21. The van der Waals surface area contributed by atoms with E-state index in [1.165, 1.54) is 41.7 Å². The Kier molecular flexibility index (Phi) is 30.7. The van der Waals surface area contributed by atoms with E-state index in [0.29, 0.717) is 36.1 Å². The van der Waals surface area contributed by atoms with Gasteiger partial charge >= 0.3 is 5.97 Å². The van der Waals surface area contributed by atoms with E-state index in [1.807, 2.05) is 6.92 Å². The number of carboxylic acid groups (broad SMARTS) is 1. The van der Waals surface area contributed by atoms with Crippen molar-refractivity contribution in [2.24, 2.45) is 5.73 Å². The molecule has 3 aliphatic rings. The van der Waals surface area contributed by atoms with Crippen molar-refractivity contribution < 1.29 is 77.6 Å². The minimum atomic E-state index is -1.82. The van der Waals surface area contributed by atoms with Gasteiger partial charge in [0, 0.05) is 60.7 Å². The third-order valence-corrected chi connectivity index (χ3v) is 20.4. The van der Waals surface area contributed by atoms with Crippen LogP contribution >= 0.6 is 43.2 Å². The number of carbonyl (C=O) groups is 13. The maximum absolute atomic E-state index is 14.9. The quantitative estimate of drug-likeness (QED) is 0.0689. The van der Waals surface area contributed by atoms with Crippen LogP contribution in [0.2, 0.25) is 0 Å². The zero-order chi connectivity index (χ0) is 69.1. The highest BCUT2D eigenvalue weighted by Gasteiger charge is 2.41. The van der Waals surface area contributed by atoms with Crippen LogP contribution in [0.4, 0.5) is 0 Å². The largest absolute Gasteiger partial charge is 0.508 e. The highest BCUT2D eigenvalue weighted by molar-refractivity contribution is 8.77. The summed E-state index contributed by atoms with van der Waals surface area (Å²) >= 11 is 0. The molecule has 2 bridgehead atoms. The van der Waals surface area contributed by atoms with Crippen LogP contribution in [0.5, 0.6) is 5.75 Å². The second-order valence-corrected chi connectivity index (χ2v) is 27.7. The Hall–Kier alpha value is -8.12. The molecule has 3 aromatic rings. The molecule has 2 aromatic carbocycles. The van der Waals surface area contributed by atoms with E-state index in [0.717, 1.165) is 43.2 Å². The van der Waals surface area contributed by atoms with Crippen LogP contribution in [0.1, 0.15) is 82.5 Å². The minimum absolute atomic E-state index is 0.0230. The number of rotatable bonds is 15. The molecular weight excluding hydrogens is 1320 g/mol. The van der Waals surface area contributed by atoms with E-state index in [9.17, 15) is 77.6 Å². The summed E-state index contributed by atoms with van der Waals surface area (Å²) in [6, 6.07) is -3.79. The molecule has 0 unspecified atom stereocenters. The lowest BCUT2D eigenvalue weighted by Gasteiger charge is -2.30. The zero-order valence-corrected chi connectivity index (χ0v) is 55.8. The van der Waals surface area contributed by atoms with Gasteiger partial charge in [0.1, 0.15) is 78.3 Å². The number of aliphatic hydroxyl groups excluding tert-OH is 1. The molecule has 3 aliphatic heterocycles. The highest BCUT2D eigenvalue weighted by Crippen LogP contribution is 2.27. The van der Waals surface area contributed by atoms with Crippen molar-refractivity contribution >= 4 is 120 Å². The molecule has 35 heteroatoms. The van der Waals surface area contributed by atoms with Gasteiger partial charge in [-0.15, -0.1) is 0 Å². The van der Waals surface area contributed by atoms with Crippen molar-refractivity contribution in [3.8, 4) is 5.75 Å². The van der Waals surface area contributed by atoms with Gasteiger partial charge < -0.3 is 89.4 Å². The molecule has 0 radical (unpaired) electrons. The molecule has 95 heavy (non-hydrogen) atoms. The van der Waals surface area contributed by atoms with Gasteiger partial charge in [0.15, 0.2) is 0 Å². The number of benzene rings is 2. The Morgan fingerprint density at radius 1 is 0.579 bits per heavy atom. The average molecular weight is 1400 g/mol. The van der Waals surface area contributed by atoms with Crippen LogP contribution in [-0.4, -0.2) is 222 Å². The van der Waals surface area contributed by atoms with Gasteiger partial charge in [-0.1, -0.05) is 119 Å². The normalized spacial score (nSPS) is 26.7. The number of aliphatic hydroxyl groups is 1. The number of phenols is 1. The number of fused-ring (bicyclic) bond motifs is 9. The third-order valence-electron chi connectivity index (χ3n) is 15.6. The zero-order valence-electron chi connectivity index (χ0n) is 52.6. The first-order chi connectivity index (χ1) is 45.6. The van der Waals surface area contributed by atoms with E-state index < -0.39 is 174 Å². The SMILES string of the molecule is CCCC[C@@H]1NC(=O)[C@H](CC)NC(=O)[C@H](Cc2ccccc2)NC(=O)[C@@H]2CSSC[C@H](NC(=O)CN)C(=O)N[C@@H](CSSC[C@@H](C(=O)O)NC(=O)[C@H](Cc3ccc(O)cc3)NC1=O)C(=O)N[C@@H](CO)C(=O)N[C@@H](Cc1cnc[nH]1)C(=O)N1CCC[C@H]1C(=O)N[C@@H](CC)C(=O)N2. The molecule has 4 heterocycles. The molecular formula is C60H83N15O16S4. The van der Waals surface area contributed by atoms with Crippen molar-refractivity contribution in [1.82, 2.24) is 73.4 Å². The molecule has 12 amide bonds. The number of H-pyrrole nitrogens is 1. The Morgan fingerprint density at radius 3 is 1.67 bits per heavy atom. The average Bonchev–Trinajstić information content (AvgIpc) is 1.78. The Morgan fingerprint density at radius 2 is 1.08 bits per heavy atom. The number of unbranched alkanes of at least 4 members (excludes halogenated alkanes) is 1. The minimum Gasteiger partial charge on any atom is -0.508 e. The van der Waals surface area contributed by atoms with E-state index in [1.54, 1.807) is 44.2 Å². The molecule has 6 rings (SSSR count). The van der Waals surface area contributed by atoms with Crippen molar-refractivity contribution in [3.05, 3.63) is 83.9 Å². The number of nitrogens with zero attached hydrogens (tertiary/aromatic N) is 2. The number of aromatic nitrogens is 2. The van der Waals surface area contributed by atoms with Crippen LogP contribution in [0.25, 0.3) is 0 Å². The summed E-state index contributed by atoms with van der Waals surface area (Å²) < 4.78 is 0. The number of aromatic hydroxyl groups is 1. The van der Waals surface area contributed by atoms with E-state index in [-0.39, 0.29) is 68.7 Å². The standard InChI is InChI=1S/C60H83N15O16S4/c1-4-7-14-38-51(81)68-40(22-33-16-18-35(77)19-17-33)53(83)74-46(60(90)91)30-95-94-29-45-57(87)71-42(26-76)54(84)70-41(23-34-25-62-31-63-34)59(89)75-20-11-15-47(75)58(88)66-37(6-3)50(80)72-44(28-93-92-27-43(55(85)73-45)64-48(78)24-61)56(86)69-39(21-32-12-9-8-10-13-32)52(82)65-36(5-2)49(79)67-38/h8-10,12-13,16-19,25,31,36-47,76-77H,4-7,11,14-15,20-24,26-30,61H2,1-3H3,(H,62,63)(H,64,78)(H,65,82)(H,66,88)(H,67,79)(H,68,81)(H,69,86)(H,70,84)(H,71,87)(H,72,80)(H,73,85)(H,74,83)(H,90,91)/t36-,37-,38-,39-,40-,41-,42-,43-,44-,45-,46-,47-/m0/s1. The number of imidazole rings is 1. The molecule has 31 nitrogen and oxygen atoms in total. The maximum atomic E-state index is 14.9. The maximum Gasteiger partial charge on any atom is 0.327 e. The van der Waals surface area contributed by atoms with Crippen LogP contribution in [0.15, 0.2) is 67.1 Å². The van der Waals surface area contributed by atoms with Crippen molar-refractivity contribution in [2.45, 2.75) is 157 Å². The summed E-state index contributed by atoms with van der Waals surface area (Å²) in [5.41, 5.74) is 7.00. The van der Waals surface area contributed by atoms with Crippen LogP contribution in [0.3, 0.4) is 0 Å². The molecule has 0 aliphatic carbocycles. The fourth-order valence-electron chi connectivity index (χ4n) is 10.2. The number of phenolic OH excluding ortho intramolecular Hbond substituents is 1. The number of carboxylic acids is 1. The third kappa shape index (κ3) is 23.3. The second kappa shape index (κ2) is 38.4. The summed E-state index contributed by atoms with van der Waals surface area (Å²) in [5.74, 6) is -14.0. The van der Waals surface area contributed by atoms with Gasteiger partial charge in [0.2, 0.25) is 70.9 Å². The summed E-state index contributed by atoms with van der Waals surface area (Å²) in [4.78, 5) is 194. The summed E-state index contributed by atoms with van der Waals surface area (Å²) in [7, 11) is 3.49. The van der Waals surface area contributed by atoms with E-state index >= 15 is 0 Å². The molecule has 12 atom stereocenters. The number of amides is 12. The molecule has 3 fully saturated rings. The van der Waals surface area contributed by atoms with Gasteiger partial charge in [-0.3, -0.25) is 57.5 Å². The number of aromatic amines is 1. The first kappa shape index (κ1) is 75.9. The lowest BCUT2D eigenvalue weighted by molar-refractivity contribution is -0.142. The molecule has 17 N–H and O–H groups in total. The first-order valence-electron chi connectivity index (χ1n) is 31.0. The Balaban J connectivity index is 1.47. The van der Waals surface area contributed by atoms with Gasteiger partial charge in [-0.25, -0.2) is 9.78 Å². The number of nitrogens with two attached hydrogens (primary N) is 1. The topological polar surface area (TPSA) is 473 Å². The molecule has 1 aromatic heterocycles. The Labute approximate surface area is 563 Å². The summed E-state index contributed by atoms with van der Waals surface area (Å²) in [5, 5.41) is 59.9.